The SMILES string of the molecule is C=C(C)CNC(N)=NCc1snnc1C.I. The maximum atomic E-state index is 5.65. The highest BCUT2D eigenvalue weighted by Gasteiger charge is 2.01. The second kappa shape index (κ2) is 7.55. The van der Waals surface area contributed by atoms with Gasteiger partial charge >= 0.3 is 0 Å². The molecule has 0 aromatic carbocycles. The molecule has 1 heterocycles. The zero-order valence-electron chi connectivity index (χ0n) is 9.36. The number of halogens is 1. The molecule has 0 bridgehead atoms. The first kappa shape index (κ1) is 15.3. The van der Waals surface area contributed by atoms with Crippen LogP contribution in [0.1, 0.15) is 17.5 Å². The number of nitrogens with zero attached hydrogens (tertiary/aromatic N) is 3. The number of aromatic nitrogens is 2. The summed E-state index contributed by atoms with van der Waals surface area (Å²) in [5.74, 6) is 0.422. The second-order valence-corrected chi connectivity index (χ2v) is 4.13. The van der Waals surface area contributed by atoms with Crippen LogP contribution in [0.2, 0.25) is 0 Å². The fourth-order valence-corrected chi connectivity index (χ4v) is 1.41. The molecule has 0 fully saturated rings. The van der Waals surface area contributed by atoms with Crippen molar-refractivity contribution < 1.29 is 0 Å². The van der Waals surface area contributed by atoms with Crippen LogP contribution in [0.15, 0.2) is 17.1 Å². The maximum absolute atomic E-state index is 5.65. The molecule has 90 valence electrons. The third-order valence-corrected chi connectivity index (χ3v) is 2.52. The van der Waals surface area contributed by atoms with Gasteiger partial charge in [-0.25, -0.2) is 4.99 Å². The van der Waals surface area contributed by atoms with E-state index in [9.17, 15) is 0 Å². The van der Waals surface area contributed by atoms with Crippen LogP contribution < -0.4 is 11.1 Å². The van der Waals surface area contributed by atoms with E-state index in [-0.39, 0.29) is 24.0 Å². The lowest BCUT2D eigenvalue weighted by molar-refractivity contribution is 0.939. The fourth-order valence-electron chi connectivity index (χ4n) is 0.850. The standard InChI is InChI=1S/C9H15N5S.HI/c1-6(2)4-11-9(10)12-5-8-7(3)13-14-15-8;/h1,4-5H2,2-3H3,(H3,10,11,12);1H. The van der Waals surface area contributed by atoms with Crippen LogP contribution in [0.5, 0.6) is 0 Å². The van der Waals surface area contributed by atoms with Crippen LogP contribution in [0.4, 0.5) is 0 Å². The van der Waals surface area contributed by atoms with Gasteiger partial charge in [0.15, 0.2) is 5.96 Å². The minimum absolute atomic E-state index is 0. The average molecular weight is 353 g/mol. The molecule has 0 saturated carbocycles. The van der Waals surface area contributed by atoms with Crippen molar-refractivity contribution >= 4 is 41.5 Å². The van der Waals surface area contributed by atoms with Gasteiger partial charge in [-0.15, -0.1) is 29.1 Å². The van der Waals surface area contributed by atoms with E-state index in [0.29, 0.717) is 19.0 Å². The van der Waals surface area contributed by atoms with Gasteiger partial charge in [0.25, 0.3) is 0 Å². The topological polar surface area (TPSA) is 76.2 Å². The molecule has 1 aromatic rings. The Kier molecular flexibility index (Phi) is 7.22. The Balaban J connectivity index is 0.00000225. The Hall–Kier alpha value is -0.700. The number of rotatable bonds is 4. The first-order chi connectivity index (χ1) is 7.09. The molecule has 1 rings (SSSR count). The lowest BCUT2D eigenvalue weighted by Crippen LogP contribution is -2.32. The lowest BCUT2D eigenvalue weighted by Gasteiger charge is -2.03. The molecule has 0 radical (unpaired) electrons. The number of nitrogens with two attached hydrogens (primary N) is 1. The van der Waals surface area contributed by atoms with Gasteiger partial charge in [-0.1, -0.05) is 16.6 Å². The monoisotopic (exact) mass is 353 g/mol. The van der Waals surface area contributed by atoms with Crippen molar-refractivity contribution in [1.29, 1.82) is 0 Å². The van der Waals surface area contributed by atoms with Gasteiger partial charge in [0.1, 0.15) is 0 Å². The number of guanidine groups is 1. The molecular weight excluding hydrogens is 337 g/mol. The van der Waals surface area contributed by atoms with Gasteiger partial charge in [-0.2, -0.15) is 0 Å². The van der Waals surface area contributed by atoms with Gasteiger partial charge in [-0.05, 0) is 25.4 Å². The molecule has 7 heteroatoms. The van der Waals surface area contributed by atoms with Gasteiger partial charge in [0, 0.05) is 6.54 Å². The summed E-state index contributed by atoms with van der Waals surface area (Å²) in [6, 6.07) is 0. The van der Waals surface area contributed by atoms with Crippen LogP contribution in [0.25, 0.3) is 0 Å². The van der Waals surface area contributed by atoms with Crippen LogP contribution in [0, 0.1) is 6.92 Å². The summed E-state index contributed by atoms with van der Waals surface area (Å²) in [5, 5.41) is 6.85. The molecule has 0 aliphatic rings. The third kappa shape index (κ3) is 5.40. The first-order valence-corrected chi connectivity index (χ1v) is 5.33. The van der Waals surface area contributed by atoms with Crippen molar-refractivity contribution in [3.05, 3.63) is 22.7 Å². The summed E-state index contributed by atoms with van der Waals surface area (Å²) in [5.41, 5.74) is 7.58. The predicted molar refractivity (Wildman–Crippen MR) is 78.2 cm³/mol. The normalized spacial score (nSPS) is 10.8. The molecule has 5 nitrogen and oxygen atoms in total. The van der Waals surface area contributed by atoms with Crippen LogP contribution >= 0.6 is 35.5 Å². The van der Waals surface area contributed by atoms with Crippen molar-refractivity contribution in [2.24, 2.45) is 10.7 Å². The minimum atomic E-state index is 0. The smallest absolute Gasteiger partial charge is 0.189 e. The number of nitrogens with one attached hydrogen (secondary N) is 1. The van der Waals surface area contributed by atoms with E-state index < -0.39 is 0 Å². The van der Waals surface area contributed by atoms with Crippen molar-refractivity contribution in [3.63, 3.8) is 0 Å². The van der Waals surface area contributed by atoms with Crippen LogP contribution in [-0.4, -0.2) is 22.1 Å². The van der Waals surface area contributed by atoms with E-state index in [1.54, 1.807) is 0 Å². The largest absolute Gasteiger partial charge is 0.370 e. The molecule has 0 aliphatic carbocycles. The van der Waals surface area contributed by atoms with E-state index in [0.717, 1.165) is 16.1 Å². The molecule has 16 heavy (non-hydrogen) atoms. The summed E-state index contributed by atoms with van der Waals surface area (Å²) >= 11 is 1.35. The number of aliphatic imine (C=N–C) groups is 1. The Morgan fingerprint density at radius 3 is 2.81 bits per heavy atom. The molecule has 0 atom stereocenters. The van der Waals surface area contributed by atoms with Crippen molar-refractivity contribution in [2.75, 3.05) is 6.54 Å². The highest BCUT2D eigenvalue weighted by Crippen LogP contribution is 2.09. The lowest BCUT2D eigenvalue weighted by atomic mass is 10.3. The van der Waals surface area contributed by atoms with Crippen molar-refractivity contribution in [1.82, 2.24) is 14.9 Å². The Labute approximate surface area is 116 Å². The molecule has 0 amide bonds. The first-order valence-electron chi connectivity index (χ1n) is 4.55. The summed E-state index contributed by atoms with van der Waals surface area (Å²) in [6.45, 7) is 8.77. The summed E-state index contributed by atoms with van der Waals surface area (Å²) in [4.78, 5) is 5.21. The zero-order chi connectivity index (χ0) is 11.3. The summed E-state index contributed by atoms with van der Waals surface area (Å²) < 4.78 is 3.82. The Morgan fingerprint density at radius 1 is 1.62 bits per heavy atom. The van der Waals surface area contributed by atoms with E-state index in [1.165, 1.54) is 11.5 Å². The van der Waals surface area contributed by atoms with E-state index in [2.05, 4.69) is 26.5 Å². The van der Waals surface area contributed by atoms with Crippen molar-refractivity contribution in [2.45, 2.75) is 20.4 Å². The molecule has 3 N–H and O–H groups in total. The number of hydrogen-bond donors (Lipinski definition) is 2. The summed E-state index contributed by atoms with van der Waals surface area (Å²) in [6.07, 6.45) is 0. The predicted octanol–water partition coefficient (Wildman–Crippen LogP) is 1.44. The van der Waals surface area contributed by atoms with Gasteiger partial charge in [0.05, 0.1) is 17.1 Å². The van der Waals surface area contributed by atoms with E-state index >= 15 is 0 Å². The number of aryl methyl sites for hydroxylation is 1. The van der Waals surface area contributed by atoms with E-state index in [1.807, 2.05) is 13.8 Å². The molecule has 0 spiro atoms. The molecule has 1 aromatic heterocycles. The Bertz CT molecular complexity index is 374. The quantitative estimate of drug-likeness (QED) is 0.372. The summed E-state index contributed by atoms with van der Waals surface area (Å²) in [7, 11) is 0. The number of hydrogen-bond acceptors (Lipinski definition) is 4. The second-order valence-electron chi connectivity index (χ2n) is 3.29. The molecular formula is C9H16IN5S. The van der Waals surface area contributed by atoms with Crippen LogP contribution in [0.3, 0.4) is 0 Å². The Morgan fingerprint density at radius 2 is 2.31 bits per heavy atom. The third-order valence-electron chi connectivity index (χ3n) is 1.71. The zero-order valence-corrected chi connectivity index (χ0v) is 12.5. The maximum Gasteiger partial charge on any atom is 0.189 e. The molecule has 0 unspecified atom stereocenters. The fraction of sp³-hybridized carbons (Fsp3) is 0.444. The molecule has 0 aliphatic heterocycles. The average Bonchev–Trinajstić information content (AvgIpc) is 2.58. The van der Waals surface area contributed by atoms with Gasteiger partial charge in [-0.3, -0.25) is 0 Å². The van der Waals surface area contributed by atoms with Gasteiger partial charge in [0.2, 0.25) is 0 Å². The van der Waals surface area contributed by atoms with Gasteiger partial charge < -0.3 is 11.1 Å². The van der Waals surface area contributed by atoms with Crippen molar-refractivity contribution in [3.8, 4) is 0 Å². The highest BCUT2D eigenvalue weighted by molar-refractivity contribution is 14.0. The molecule has 0 saturated heterocycles. The minimum Gasteiger partial charge on any atom is -0.370 e. The highest BCUT2D eigenvalue weighted by atomic mass is 127. The van der Waals surface area contributed by atoms with Crippen LogP contribution in [-0.2, 0) is 6.54 Å². The van der Waals surface area contributed by atoms with E-state index in [4.69, 9.17) is 5.73 Å².